The highest BCUT2D eigenvalue weighted by molar-refractivity contribution is 6.22. The van der Waals surface area contributed by atoms with E-state index >= 15 is 0 Å². The Morgan fingerprint density at radius 2 is 1.54 bits per heavy atom. The minimum atomic E-state index is -0.0662. The van der Waals surface area contributed by atoms with Gasteiger partial charge in [-0.05, 0) is 34.4 Å². The normalized spacial score (nSPS) is 11.1. The summed E-state index contributed by atoms with van der Waals surface area (Å²) < 4.78 is 0. The monoisotopic (exact) mass is 454 g/mol. The minimum Gasteiger partial charge on any atom is -0.345 e. The van der Waals surface area contributed by atoms with E-state index < -0.39 is 0 Å². The van der Waals surface area contributed by atoms with Gasteiger partial charge in [-0.1, -0.05) is 91.0 Å². The lowest BCUT2D eigenvalue weighted by Crippen LogP contribution is -2.04. The number of aromatic amines is 1. The van der Waals surface area contributed by atoms with E-state index in [0.717, 1.165) is 28.4 Å². The molecule has 168 valence electrons. The van der Waals surface area contributed by atoms with E-state index in [-0.39, 0.29) is 5.78 Å². The molecule has 6 rings (SSSR count). The Bertz CT molecular complexity index is 1670. The zero-order valence-electron chi connectivity index (χ0n) is 18.9. The third-order valence-electron chi connectivity index (χ3n) is 6.26. The van der Waals surface area contributed by atoms with Gasteiger partial charge in [0.05, 0.1) is 10.9 Å². The topological polar surface area (TPSA) is 70.7 Å². The van der Waals surface area contributed by atoms with Crippen LogP contribution < -0.4 is 5.32 Å². The van der Waals surface area contributed by atoms with E-state index in [1.807, 2.05) is 78.9 Å². The van der Waals surface area contributed by atoms with Crippen molar-refractivity contribution in [2.75, 3.05) is 5.32 Å². The van der Waals surface area contributed by atoms with Crippen LogP contribution in [0, 0.1) is 0 Å². The largest absolute Gasteiger partial charge is 0.345 e. The predicted molar refractivity (Wildman–Crippen MR) is 140 cm³/mol. The zero-order chi connectivity index (χ0) is 23.6. The first-order chi connectivity index (χ1) is 17.3. The van der Waals surface area contributed by atoms with Crippen molar-refractivity contribution in [3.05, 3.63) is 132 Å². The fourth-order valence-corrected chi connectivity index (χ4v) is 4.54. The Morgan fingerprint density at radius 3 is 2.46 bits per heavy atom. The number of H-pyrrole nitrogens is 1. The number of para-hydroxylation sites is 1. The molecular weight excluding hydrogens is 432 g/mol. The molecule has 0 atom stereocenters. The van der Waals surface area contributed by atoms with Gasteiger partial charge in [-0.25, -0.2) is 9.97 Å². The number of hydrogen-bond donors (Lipinski definition) is 2. The first-order valence-electron chi connectivity index (χ1n) is 11.5. The zero-order valence-corrected chi connectivity index (χ0v) is 18.9. The van der Waals surface area contributed by atoms with Crippen LogP contribution in [0.1, 0.15) is 27.0 Å². The van der Waals surface area contributed by atoms with Crippen molar-refractivity contribution in [2.45, 2.75) is 6.42 Å². The summed E-state index contributed by atoms with van der Waals surface area (Å²) in [5, 5.41) is 6.12. The van der Waals surface area contributed by atoms with Crippen LogP contribution in [0.4, 0.5) is 11.5 Å². The molecule has 0 aliphatic rings. The number of ketones is 1. The average molecular weight is 455 g/mol. The molecule has 2 aromatic heterocycles. The maximum absolute atomic E-state index is 13.7. The number of aromatic nitrogens is 3. The summed E-state index contributed by atoms with van der Waals surface area (Å²) in [5.41, 5.74) is 5.13. The molecule has 0 radical (unpaired) electrons. The van der Waals surface area contributed by atoms with Gasteiger partial charge in [0, 0.05) is 17.4 Å². The Balaban J connectivity index is 1.42. The van der Waals surface area contributed by atoms with Gasteiger partial charge >= 0.3 is 0 Å². The van der Waals surface area contributed by atoms with Gasteiger partial charge in [0.25, 0.3) is 0 Å². The quantitative estimate of drug-likeness (QED) is 0.276. The summed E-state index contributed by atoms with van der Waals surface area (Å²) in [6.45, 7) is 0. The number of rotatable bonds is 6. The number of benzene rings is 4. The van der Waals surface area contributed by atoms with Crippen molar-refractivity contribution in [3.8, 4) is 0 Å². The molecule has 4 aromatic carbocycles. The highest BCUT2D eigenvalue weighted by Crippen LogP contribution is 2.31. The number of nitrogens with one attached hydrogen (secondary N) is 2. The first-order valence-corrected chi connectivity index (χ1v) is 11.5. The maximum atomic E-state index is 13.7. The fraction of sp³-hybridized carbons (Fsp3) is 0.0333. The van der Waals surface area contributed by atoms with Crippen LogP contribution >= 0.6 is 0 Å². The lowest BCUT2D eigenvalue weighted by Gasteiger charge is -2.13. The van der Waals surface area contributed by atoms with E-state index in [0.29, 0.717) is 28.0 Å². The molecule has 5 heteroatoms. The van der Waals surface area contributed by atoms with Crippen LogP contribution in [-0.2, 0) is 6.42 Å². The Morgan fingerprint density at radius 1 is 0.771 bits per heavy atom. The van der Waals surface area contributed by atoms with E-state index in [2.05, 4.69) is 38.5 Å². The molecule has 2 N–H and O–H groups in total. The van der Waals surface area contributed by atoms with Gasteiger partial charge in [-0.3, -0.25) is 4.79 Å². The maximum Gasteiger partial charge on any atom is 0.195 e. The summed E-state index contributed by atoms with van der Waals surface area (Å²) in [6, 6.07) is 32.2. The summed E-state index contributed by atoms with van der Waals surface area (Å²) >= 11 is 0. The Labute approximate surface area is 202 Å². The summed E-state index contributed by atoms with van der Waals surface area (Å²) in [7, 11) is 0. The molecule has 0 aliphatic carbocycles. The van der Waals surface area contributed by atoms with Gasteiger partial charge in [0.1, 0.15) is 17.8 Å². The molecule has 0 saturated carbocycles. The molecule has 0 spiro atoms. The van der Waals surface area contributed by atoms with Gasteiger partial charge in [-0.2, -0.15) is 0 Å². The molecule has 5 nitrogen and oxygen atoms in total. The SMILES string of the molecule is O=C(c1cccc2ccccc12)c1c[nH]c2ncnc(Nc3ccccc3Cc3ccccc3)c12. The van der Waals surface area contributed by atoms with Gasteiger partial charge < -0.3 is 10.3 Å². The number of fused-ring (bicyclic) bond motifs is 2. The predicted octanol–water partition coefficient (Wildman–Crippen LogP) is 6.68. The fourth-order valence-electron chi connectivity index (χ4n) is 4.54. The molecule has 2 heterocycles. The molecule has 0 aliphatic heterocycles. The number of anilines is 2. The Kier molecular flexibility index (Phi) is 5.28. The molecule has 0 amide bonds. The van der Waals surface area contributed by atoms with Gasteiger partial charge in [0.2, 0.25) is 0 Å². The van der Waals surface area contributed by atoms with Crippen LogP contribution in [0.25, 0.3) is 21.8 Å². The summed E-state index contributed by atoms with van der Waals surface area (Å²) in [6.07, 6.45) is 4.02. The van der Waals surface area contributed by atoms with Gasteiger partial charge in [0.15, 0.2) is 5.78 Å². The van der Waals surface area contributed by atoms with Gasteiger partial charge in [-0.15, -0.1) is 0 Å². The molecule has 35 heavy (non-hydrogen) atoms. The second-order valence-electron chi connectivity index (χ2n) is 8.45. The molecule has 0 fully saturated rings. The van der Waals surface area contributed by atoms with Crippen LogP contribution in [0.15, 0.2) is 110 Å². The lowest BCUT2D eigenvalue weighted by atomic mass is 9.97. The second kappa shape index (κ2) is 8.88. The van der Waals surface area contributed by atoms with Crippen molar-refractivity contribution in [3.63, 3.8) is 0 Å². The van der Waals surface area contributed by atoms with E-state index in [1.165, 1.54) is 11.9 Å². The third-order valence-corrected chi connectivity index (χ3v) is 6.26. The van der Waals surface area contributed by atoms with E-state index in [1.54, 1.807) is 6.20 Å². The van der Waals surface area contributed by atoms with Crippen LogP contribution in [0.2, 0.25) is 0 Å². The van der Waals surface area contributed by atoms with Crippen molar-refractivity contribution < 1.29 is 4.79 Å². The number of nitrogens with zero attached hydrogens (tertiary/aromatic N) is 2. The Hall–Kier alpha value is -4.77. The van der Waals surface area contributed by atoms with Crippen molar-refractivity contribution in [2.24, 2.45) is 0 Å². The van der Waals surface area contributed by atoms with Crippen molar-refractivity contribution in [1.29, 1.82) is 0 Å². The average Bonchev–Trinajstić information content (AvgIpc) is 3.35. The molecule has 0 unspecified atom stereocenters. The van der Waals surface area contributed by atoms with E-state index in [4.69, 9.17) is 0 Å². The van der Waals surface area contributed by atoms with Crippen LogP contribution in [-0.4, -0.2) is 20.7 Å². The smallest absolute Gasteiger partial charge is 0.195 e. The molecule has 6 aromatic rings. The summed E-state index contributed by atoms with van der Waals surface area (Å²) in [4.78, 5) is 25.8. The molecule has 0 saturated heterocycles. The molecule has 0 bridgehead atoms. The minimum absolute atomic E-state index is 0.0662. The van der Waals surface area contributed by atoms with Crippen LogP contribution in [0.5, 0.6) is 0 Å². The highest BCUT2D eigenvalue weighted by atomic mass is 16.1. The first kappa shape index (κ1) is 20.8. The van der Waals surface area contributed by atoms with E-state index in [9.17, 15) is 4.79 Å². The van der Waals surface area contributed by atoms with Crippen LogP contribution in [0.3, 0.4) is 0 Å². The number of carbonyl (C=O) groups excluding carboxylic acids is 1. The third kappa shape index (κ3) is 3.93. The summed E-state index contributed by atoms with van der Waals surface area (Å²) in [5.74, 6) is 0.531. The standard InChI is InChI=1S/C30H22N4O/c35-28(24-15-8-13-21-11-4-6-14-23(21)24)25-18-31-29-27(25)30(33-19-32-29)34-26-16-7-5-12-22(26)17-20-9-2-1-3-10-20/h1-16,18-19H,17H2,(H2,31,32,33,34). The van der Waals surface area contributed by atoms with Crippen molar-refractivity contribution in [1.82, 2.24) is 15.0 Å². The number of hydrogen-bond acceptors (Lipinski definition) is 4. The lowest BCUT2D eigenvalue weighted by molar-refractivity contribution is 0.104. The second-order valence-corrected chi connectivity index (χ2v) is 8.45. The molecular formula is C30H22N4O. The van der Waals surface area contributed by atoms with Crippen molar-refractivity contribution >= 4 is 39.1 Å². The highest BCUT2D eigenvalue weighted by Gasteiger charge is 2.20. The number of carbonyl (C=O) groups is 1.